The number of nitrogens with zero attached hydrogens (tertiary/aromatic N) is 1. The first-order valence-corrected chi connectivity index (χ1v) is 6.27. The van der Waals surface area contributed by atoms with Gasteiger partial charge >= 0.3 is 0 Å². The lowest BCUT2D eigenvalue weighted by Gasteiger charge is -2.21. The van der Waals surface area contributed by atoms with Crippen LogP contribution in [0, 0.1) is 0 Å². The number of hydrogen-bond acceptors (Lipinski definition) is 2. The maximum absolute atomic E-state index is 11.7. The monoisotopic (exact) mass is 266 g/mol. The Labute approximate surface area is 111 Å². The Balaban J connectivity index is 2.10. The highest BCUT2D eigenvalue weighted by Gasteiger charge is 2.25. The van der Waals surface area contributed by atoms with Gasteiger partial charge in [-0.1, -0.05) is 23.7 Å². The fraction of sp³-hybridized carbons (Fsp3) is 0.385. The highest BCUT2D eigenvalue weighted by molar-refractivity contribution is 6.33. The second-order valence-corrected chi connectivity index (χ2v) is 4.81. The van der Waals surface area contributed by atoms with Gasteiger partial charge in [0.2, 0.25) is 11.8 Å². The molecule has 1 N–H and O–H groups in total. The lowest BCUT2D eigenvalue weighted by atomic mass is 10.2. The summed E-state index contributed by atoms with van der Waals surface area (Å²) in [7, 11) is 0. The van der Waals surface area contributed by atoms with Gasteiger partial charge in [0.05, 0.1) is 10.7 Å². The SMILES string of the molecule is CC(=O)N(CC(=O)NC1CC1)c1ccccc1Cl. The van der Waals surface area contributed by atoms with Gasteiger partial charge in [0, 0.05) is 13.0 Å². The summed E-state index contributed by atoms with van der Waals surface area (Å²) in [6.45, 7) is 1.43. The average molecular weight is 267 g/mol. The molecule has 1 fully saturated rings. The normalized spacial score (nSPS) is 14.1. The van der Waals surface area contributed by atoms with E-state index in [-0.39, 0.29) is 24.4 Å². The summed E-state index contributed by atoms with van der Waals surface area (Å²) < 4.78 is 0. The van der Waals surface area contributed by atoms with Gasteiger partial charge in [-0.05, 0) is 25.0 Å². The van der Waals surface area contributed by atoms with Gasteiger partial charge in [-0.2, -0.15) is 0 Å². The molecule has 0 aromatic heterocycles. The zero-order valence-corrected chi connectivity index (χ0v) is 10.9. The first kappa shape index (κ1) is 12.9. The molecule has 1 aromatic rings. The molecule has 0 radical (unpaired) electrons. The molecule has 1 aliphatic rings. The van der Waals surface area contributed by atoms with Crippen molar-refractivity contribution in [3.63, 3.8) is 0 Å². The summed E-state index contributed by atoms with van der Waals surface area (Å²) in [5.74, 6) is -0.346. The first-order chi connectivity index (χ1) is 8.58. The van der Waals surface area contributed by atoms with Crippen LogP contribution >= 0.6 is 11.6 Å². The van der Waals surface area contributed by atoms with E-state index in [4.69, 9.17) is 11.6 Å². The van der Waals surface area contributed by atoms with Crippen LogP contribution in [0.2, 0.25) is 5.02 Å². The molecular formula is C13H15ClN2O2. The molecule has 4 nitrogen and oxygen atoms in total. The van der Waals surface area contributed by atoms with E-state index in [1.165, 1.54) is 11.8 Å². The predicted molar refractivity (Wildman–Crippen MR) is 70.6 cm³/mol. The molecule has 0 aliphatic heterocycles. The molecule has 0 saturated heterocycles. The minimum atomic E-state index is -0.200. The van der Waals surface area contributed by atoms with Crippen molar-refractivity contribution in [1.29, 1.82) is 0 Å². The number of rotatable bonds is 4. The Bertz CT molecular complexity index is 472. The van der Waals surface area contributed by atoms with Crippen molar-refractivity contribution >= 4 is 29.1 Å². The van der Waals surface area contributed by atoms with Crippen molar-refractivity contribution < 1.29 is 9.59 Å². The molecule has 2 amide bonds. The number of halogens is 1. The fourth-order valence-electron chi connectivity index (χ4n) is 1.68. The maximum Gasteiger partial charge on any atom is 0.240 e. The molecule has 0 unspecified atom stereocenters. The van der Waals surface area contributed by atoms with Crippen LogP contribution in [-0.2, 0) is 9.59 Å². The Morgan fingerprint density at radius 1 is 1.39 bits per heavy atom. The Morgan fingerprint density at radius 2 is 2.06 bits per heavy atom. The largest absolute Gasteiger partial charge is 0.352 e. The smallest absolute Gasteiger partial charge is 0.240 e. The quantitative estimate of drug-likeness (QED) is 0.906. The lowest BCUT2D eigenvalue weighted by molar-refractivity contribution is -0.123. The van der Waals surface area contributed by atoms with Gasteiger partial charge < -0.3 is 10.2 Å². The summed E-state index contributed by atoms with van der Waals surface area (Å²) in [6.07, 6.45) is 2.05. The highest BCUT2D eigenvalue weighted by atomic mass is 35.5. The summed E-state index contributed by atoms with van der Waals surface area (Å²) in [5.41, 5.74) is 0.567. The summed E-state index contributed by atoms with van der Waals surface area (Å²) in [4.78, 5) is 24.8. The molecule has 2 rings (SSSR count). The summed E-state index contributed by atoms with van der Waals surface area (Å²) in [6, 6.07) is 7.29. The van der Waals surface area contributed by atoms with Crippen LogP contribution in [0.25, 0.3) is 0 Å². The van der Waals surface area contributed by atoms with Crippen molar-refractivity contribution in [3.05, 3.63) is 29.3 Å². The van der Waals surface area contributed by atoms with Crippen LogP contribution in [0.3, 0.4) is 0 Å². The third-order valence-corrected chi connectivity index (χ3v) is 3.09. The van der Waals surface area contributed by atoms with Gasteiger partial charge in [-0.15, -0.1) is 0 Å². The van der Waals surface area contributed by atoms with Gasteiger partial charge in [0.25, 0.3) is 0 Å². The van der Waals surface area contributed by atoms with Crippen molar-refractivity contribution in [2.75, 3.05) is 11.4 Å². The van der Waals surface area contributed by atoms with Crippen LogP contribution in [0.15, 0.2) is 24.3 Å². The summed E-state index contributed by atoms with van der Waals surface area (Å²) in [5, 5.41) is 3.32. The van der Waals surface area contributed by atoms with E-state index in [1.54, 1.807) is 24.3 Å². The van der Waals surface area contributed by atoms with E-state index in [0.29, 0.717) is 10.7 Å². The summed E-state index contributed by atoms with van der Waals surface area (Å²) >= 11 is 6.04. The minimum Gasteiger partial charge on any atom is -0.352 e. The number of hydrogen-bond donors (Lipinski definition) is 1. The van der Waals surface area contributed by atoms with Crippen molar-refractivity contribution in [3.8, 4) is 0 Å². The Hall–Kier alpha value is -1.55. The van der Waals surface area contributed by atoms with E-state index in [9.17, 15) is 9.59 Å². The number of carbonyl (C=O) groups excluding carboxylic acids is 2. The zero-order valence-electron chi connectivity index (χ0n) is 10.1. The molecule has 0 heterocycles. The third kappa shape index (κ3) is 3.23. The molecular weight excluding hydrogens is 252 g/mol. The van der Waals surface area contributed by atoms with Gasteiger partial charge in [0.15, 0.2) is 0 Å². The van der Waals surface area contributed by atoms with Crippen molar-refractivity contribution in [1.82, 2.24) is 5.32 Å². The number of para-hydroxylation sites is 1. The third-order valence-electron chi connectivity index (χ3n) is 2.77. The van der Waals surface area contributed by atoms with E-state index in [2.05, 4.69) is 5.32 Å². The molecule has 1 saturated carbocycles. The maximum atomic E-state index is 11.7. The van der Waals surface area contributed by atoms with Crippen LogP contribution in [-0.4, -0.2) is 24.4 Å². The molecule has 0 bridgehead atoms. The number of nitrogens with one attached hydrogen (secondary N) is 1. The molecule has 1 aliphatic carbocycles. The lowest BCUT2D eigenvalue weighted by Crippen LogP contribution is -2.40. The number of benzene rings is 1. The Morgan fingerprint density at radius 3 is 2.61 bits per heavy atom. The van der Waals surface area contributed by atoms with Crippen molar-refractivity contribution in [2.24, 2.45) is 0 Å². The number of carbonyl (C=O) groups is 2. The van der Waals surface area contributed by atoms with E-state index < -0.39 is 0 Å². The fourth-order valence-corrected chi connectivity index (χ4v) is 1.92. The highest BCUT2D eigenvalue weighted by Crippen LogP contribution is 2.25. The Kier molecular flexibility index (Phi) is 3.87. The molecule has 5 heteroatoms. The second kappa shape index (κ2) is 5.40. The molecule has 0 atom stereocenters. The average Bonchev–Trinajstić information content (AvgIpc) is 3.10. The van der Waals surface area contributed by atoms with E-state index >= 15 is 0 Å². The predicted octanol–water partition coefficient (Wildman–Crippen LogP) is 1.97. The van der Waals surface area contributed by atoms with Gasteiger partial charge in [-0.25, -0.2) is 0 Å². The number of anilines is 1. The minimum absolute atomic E-state index is 0.00949. The standard InChI is InChI=1S/C13H15ClN2O2/c1-9(17)16(8-13(18)15-10-6-7-10)12-5-3-2-4-11(12)14/h2-5,10H,6-8H2,1H3,(H,15,18). The molecule has 96 valence electrons. The molecule has 0 spiro atoms. The zero-order chi connectivity index (χ0) is 13.1. The first-order valence-electron chi connectivity index (χ1n) is 5.90. The van der Waals surface area contributed by atoms with Crippen LogP contribution < -0.4 is 10.2 Å². The van der Waals surface area contributed by atoms with Gasteiger partial charge in [0.1, 0.15) is 6.54 Å². The van der Waals surface area contributed by atoms with Crippen LogP contribution in [0.1, 0.15) is 19.8 Å². The topological polar surface area (TPSA) is 49.4 Å². The van der Waals surface area contributed by atoms with Crippen LogP contribution in [0.5, 0.6) is 0 Å². The van der Waals surface area contributed by atoms with E-state index in [1.807, 2.05) is 0 Å². The van der Waals surface area contributed by atoms with Crippen LogP contribution in [0.4, 0.5) is 5.69 Å². The second-order valence-electron chi connectivity index (χ2n) is 4.40. The van der Waals surface area contributed by atoms with E-state index in [0.717, 1.165) is 12.8 Å². The van der Waals surface area contributed by atoms with Gasteiger partial charge in [-0.3, -0.25) is 9.59 Å². The van der Waals surface area contributed by atoms with Crippen molar-refractivity contribution in [2.45, 2.75) is 25.8 Å². The number of amides is 2. The molecule has 1 aromatic carbocycles. The molecule has 18 heavy (non-hydrogen) atoms.